The molecule has 21 heavy (non-hydrogen) atoms. The number of hydrogen-bond donors (Lipinski definition) is 0. The average molecular weight is 353 g/mol. The van der Waals surface area contributed by atoms with Gasteiger partial charge >= 0.3 is 0 Å². The number of hydrogen-bond acceptors (Lipinski definition) is 1. The maximum atomic E-state index is 6.39. The van der Waals surface area contributed by atoms with Crippen molar-refractivity contribution in [3.63, 3.8) is 0 Å². The number of rotatable bonds is 4. The first kappa shape index (κ1) is 16.9. The van der Waals surface area contributed by atoms with E-state index in [1.807, 2.05) is 0 Å². The monoisotopic (exact) mass is 352 g/mol. The van der Waals surface area contributed by atoms with Crippen LogP contribution in [0.2, 0.25) is 0 Å². The van der Waals surface area contributed by atoms with Crippen molar-refractivity contribution < 1.29 is 4.74 Å². The summed E-state index contributed by atoms with van der Waals surface area (Å²) in [7, 11) is 0. The van der Waals surface area contributed by atoms with Crippen LogP contribution in [0.3, 0.4) is 0 Å². The molecule has 0 radical (unpaired) electrons. The third-order valence-electron chi connectivity index (χ3n) is 5.31. The quantitative estimate of drug-likeness (QED) is 0.602. The summed E-state index contributed by atoms with van der Waals surface area (Å²) < 4.78 is 6.39. The Morgan fingerprint density at radius 1 is 1.24 bits per heavy atom. The zero-order valence-electron chi connectivity index (χ0n) is 14.3. The maximum Gasteiger partial charge on any atom is 0.122 e. The second-order valence-corrected chi connectivity index (χ2v) is 8.59. The van der Waals surface area contributed by atoms with Crippen molar-refractivity contribution in [2.24, 2.45) is 5.41 Å². The summed E-state index contributed by atoms with van der Waals surface area (Å²) in [4.78, 5) is 0.596. The number of alkyl halides is 1. The molecule has 0 N–H and O–H groups in total. The second kappa shape index (κ2) is 5.95. The molecule has 0 aromatic heterocycles. The van der Waals surface area contributed by atoms with Crippen molar-refractivity contribution in [2.45, 2.75) is 77.2 Å². The zero-order chi connectivity index (χ0) is 15.8. The van der Waals surface area contributed by atoms with E-state index in [0.717, 1.165) is 12.2 Å². The van der Waals surface area contributed by atoms with Crippen LogP contribution < -0.4 is 4.74 Å². The molecule has 118 valence electrons. The first-order chi connectivity index (χ1) is 9.74. The maximum absolute atomic E-state index is 6.39. The molecule has 0 amide bonds. The van der Waals surface area contributed by atoms with Gasteiger partial charge in [0.15, 0.2) is 0 Å². The summed E-state index contributed by atoms with van der Waals surface area (Å²) in [6, 6.07) is 6.65. The lowest BCUT2D eigenvalue weighted by Crippen LogP contribution is -2.56. The topological polar surface area (TPSA) is 9.23 Å². The Labute approximate surface area is 138 Å². The molecule has 1 fully saturated rings. The summed E-state index contributed by atoms with van der Waals surface area (Å²) in [6.07, 6.45) is 3.80. The van der Waals surface area contributed by atoms with Crippen LogP contribution in [0, 0.1) is 12.3 Å². The third-order valence-corrected chi connectivity index (χ3v) is 6.60. The van der Waals surface area contributed by atoms with Gasteiger partial charge in [0.25, 0.3) is 0 Å². The summed E-state index contributed by atoms with van der Waals surface area (Å²) in [5.74, 6) is 1.05. The lowest BCUT2D eigenvalue weighted by molar-refractivity contribution is -0.0414. The van der Waals surface area contributed by atoms with Crippen LogP contribution in [0.25, 0.3) is 0 Å². The fourth-order valence-corrected chi connectivity index (χ4v) is 4.70. The van der Waals surface area contributed by atoms with Crippen molar-refractivity contribution in [3.8, 4) is 5.75 Å². The van der Waals surface area contributed by atoms with Gasteiger partial charge < -0.3 is 4.74 Å². The van der Waals surface area contributed by atoms with Crippen LogP contribution in [0.1, 0.15) is 65.0 Å². The van der Waals surface area contributed by atoms with Gasteiger partial charge in [-0.1, -0.05) is 62.7 Å². The molecule has 1 aliphatic rings. The number of halogens is 1. The van der Waals surface area contributed by atoms with Crippen molar-refractivity contribution in [3.05, 3.63) is 29.3 Å². The van der Waals surface area contributed by atoms with Gasteiger partial charge in [-0.3, -0.25) is 0 Å². The molecule has 0 heterocycles. The highest BCUT2D eigenvalue weighted by molar-refractivity contribution is 9.09. The highest BCUT2D eigenvalue weighted by Crippen LogP contribution is 2.53. The van der Waals surface area contributed by atoms with Gasteiger partial charge in [0, 0.05) is 10.2 Å². The molecule has 0 spiro atoms. The predicted molar refractivity (Wildman–Crippen MR) is 94.6 cm³/mol. The van der Waals surface area contributed by atoms with E-state index in [1.165, 1.54) is 24.0 Å². The van der Waals surface area contributed by atoms with Crippen molar-refractivity contribution >= 4 is 15.9 Å². The van der Waals surface area contributed by atoms with Crippen LogP contribution in [0.5, 0.6) is 5.75 Å². The molecule has 1 aromatic carbocycles. The first-order valence-electron chi connectivity index (χ1n) is 8.16. The van der Waals surface area contributed by atoms with E-state index < -0.39 is 0 Å². The minimum atomic E-state index is 0.192. The van der Waals surface area contributed by atoms with E-state index in [4.69, 9.17) is 4.74 Å². The number of benzene rings is 1. The third kappa shape index (κ3) is 3.02. The highest BCUT2D eigenvalue weighted by Gasteiger charge is 2.53. The highest BCUT2D eigenvalue weighted by atomic mass is 79.9. The molecule has 1 nitrogen and oxygen atoms in total. The Bertz CT molecular complexity index is 497. The molecule has 0 aliphatic heterocycles. The molecular weight excluding hydrogens is 324 g/mol. The Morgan fingerprint density at radius 3 is 2.29 bits per heavy atom. The Hall–Kier alpha value is -0.500. The molecule has 2 rings (SSSR count). The summed E-state index contributed by atoms with van der Waals surface area (Å²) in [6.45, 7) is 13.5. The standard InChI is InChI=1S/C19H29BrO/c1-7-19(8-2)16(20)12-17(19)21-15-10-9-14(11-13(15)3)18(4,5)6/h9-11,16-17H,7-8,12H2,1-6H3. The fourth-order valence-electron chi connectivity index (χ4n) is 3.41. The van der Waals surface area contributed by atoms with Gasteiger partial charge in [0.2, 0.25) is 0 Å². The molecule has 1 aromatic rings. The lowest BCUT2D eigenvalue weighted by atomic mass is 9.62. The molecule has 0 saturated heterocycles. The summed E-state index contributed by atoms with van der Waals surface area (Å²) in [5.41, 5.74) is 3.12. The van der Waals surface area contributed by atoms with Crippen molar-refractivity contribution in [2.75, 3.05) is 0 Å². The number of ether oxygens (including phenoxy) is 1. The molecular formula is C19H29BrO. The molecule has 2 heteroatoms. The number of aryl methyl sites for hydroxylation is 1. The van der Waals surface area contributed by atoms with Crippen molar-refractivity contribution in [1.82, 2.24) is 0 Å². The van der Waals surface area contributed by atoms with E-state index in [0.29, 0.717) is 16.3 Å². The molecule has 1 aliphatic carbocycles. The largest absolute Gasteiger partial charge is 0.489 e. The van der Waals surface area contributed by atoms with Gasteiger partial charge in [0.05, 0.1) is 0 Å². The molecule has 1 saturated carbocycles. The molecule has 2 atom stereocenters. The SMILES string of the molecule is CCC1(CC)C(Br)CC1Oc1ccc(C(C)(C)C)cc1C. The van der Waals surface area contributed by atoms with Crippen LogP contribution in [-0.2, 0) is 5.41 Å². The van der Waals surface area contributed by atoms with Gasteiger partial charge in [-0.15, -0.1) is 0 Å². The van der Waals surface area contributed by atoms with Crippen LogP contribution in [-0.4, -0.2) is 10.9 Å². The Balaban J connectivity index is 2.18. The van der Waals surface area contributed by atoms with Crippen LogP contribution in [0.4, 0.5) is 0 Å². The van der Waals surface area contributed by atoms with Crippen molar-refractivity contribution in [1.29, 1.82) is 0 Å². The van der Waals surface area contributed by atoms with Gasteiger partial charge in [-0.2, -0.15) is 0 Å². The zero-order valence-corrected chi connectivity index (χ0v) is 15.9. The molecule has 0 bridgehead atoms. The van der Waals surface area contributed by atoms with Gasteiger partial charge in [-0.25, -0.2) is 0 Å². The average Bonchev–Trinajstić information content (AvgIpc) is 2.40. The predicted octanol–water partition coefficient (Wildman–Crippen LogP) is 6.01. The Kier molecular flexibility index (Phi) is 4.78. The normalized spacial score (nSPS) is 24.5. The van der Waals surface area contributed by atoms with E-state index in [1.54, 1.807) is 0 Å². The van der Waals surface area contributed by atoms with E-state index in [2.05, 4.69) is 75.7 Å². The minimum absolute atomic E-state index is 0.192. The fraction of sp³-hybridized carbons (Fsp3) is 0.684. The second-order valence-electron chi connectivity index (χ2n) is 7.48. The van der Waals surface area contributed by atoms with Gasteiger partial charge in [0.1, 0.15) is 11.9 Å². The smallest absolute Gasteiger partial charge is 0.122 e. The minimum Gasteiger partial charge on any atom is -0.489 e. The Morgan fingerprint density at radius 2 is 1.86 bits per heavy atom. The van der Waals surface area contributed by atoms with Crippen LogP contribution in [0.15, 0.2) is 18.2 Å². The van der Waals surface area contributed by atoms with E-state index in [-0.39, 0.29) is 5.41 Å². The summed E-state index contributed by atoms with van der Waals surface area (Å²) in [5, 5.41) is 0. The molecule has 2 unspecified atom stereocenters. The van der Waals surface area contributed by atoms with Crippen LogP contribution >= 0.6 is 15.9 Å². The lowest BCUT2D eigenvalue weighted by Gasteiger charge is -2.52. The summed E-state index contributed by atoms with van der Waals surface area (Å²) >= 11 is 3.83. The van der Waals surface area contributed by atoms with E-state index >= 15 is 0 Å². The van der Waals surface area contributed by atoms with Gasteiger partial charge in [-0.05, 0) is 48.8 Å². The van der Waals surface area contributed by atoms with E-state index in [9.17, 15) is 0 Å². The first-order valence-corrected chi connectivity index (χ1v) is 9.08.